The van der Waals surface area contributed by atoms with Crippen molar-refractivity contribution in [3.63, 3.8) is 0 Å². The summed E-state index contributed by atoms with van der Waals surface area (Å²) in [5.74, 6) is 0.569. The molecule has 1 heterocycles. The van der Waals surface area contributed by atoms with Gasteiger partial charge in [0, 0.05) is 0 Å². The maximum atomic E-state index is 7.84. The van der Waals surface area contributed by atoms with E-state index in [1.165, 1.54) is 58.9 Å². The van der Waals surface area contributed by atoms with Gasteiger partial charge in [0.05, 0.1) is 0 Å². The molecule has 1 fully saturated rings. The van der Waals surface area contributed by atoms with Crippen molar-refractivity contribution in [3.05, 3.63) is 121 Å². The molecule has 1 atom stereocenters. The topological polar surface area (TPSA) is 9.23 Å². The number of benzene rings is 4. The third-order valence-electron chi connectivity index (χ3n) is 7.85. The van der Waals surface area contributed by atoms with Crippen molar-refractivity contribution in [3.8, 4) is 0 Å². The molecule has 1 nitrogen and oxygen atoms in total. The van der Waals surface area contributed by atoms with Crippen LogP contribution >= 0.6 is 6.83 Å². The van der Waals surface area contributed by atoms with Gasteiger partial charge >= 0.3 is 198 Å². The Labute approximate surface area is 197 Å². The van der Waals surface area contributed by atoms with Crippen molar-refractivity contribution >= 4 is 28.0 Å². The summed E-state index contributed by atoms with van der Waals surface area (Å²) < 4.78 is 7.84. The molecule has 0 N–H and O–H groups in total. The van der Waals surface area contributed by atoms with E-state index in [-0.39, 0.29) is 6.10 Å². The fourth-order valence-electron chi connectivity index (χ4n) is 6.42. The van der Waals surface area contributed by atoms with Gasteiger partial charge in [0.25, 0.3) is 0 Å². The zero-order valence-corrected chi connectivity index (χ0v) is 19.9. The molecule has 0 saturated heterocycles. The standard InChI is InChI=1S/C31H31OP/c1-5-15-25(16-6-1)31-29-23-13-14-24-30(29)33(32-31,26-17-7-2-8-18-26,27-19-9-3-10-20-27)28-21-11-4-12-22-28/h2-4,7-14,17-25,31H,1,5-6,15-16H2. The van der Waals surface area contributed by atoms with Crippen molar-refractivity contribution in [2.45, 2.75) is 38.2 Å². The maximum absolute atomic E-state index is 7.84. The number of hydrogen-bond donors (Lipinski definition) is 0. The summed E-state index contributed by atoms with van der Waals surface area (Å²) in [6.07, 6.45) is 6.60. The van der Waals surface area contributed by atoms with Crippen LogP contribution in [0.15, 0.2) is 115 Å². The van der Waals surface area contributed by atoms with Crippen molar-refractivity contribution in [2.24, 2.45) is 5.92 Å². The second-order valence-corrected chi connectivity index (χ2v) is 13.8. The molecule has 4 aromatic carbocycles. The molecule has 6 rings (SSSR count). The normalized spacial score (nSPS) is 22.7. The average molecular weight is 451 g/mol. The van der Waals surface area contributed by atoms with Crippen LogP contribution < -0.4 is 21.2 Å². The number of fused-ring (bicyclic) bond motifs is 1. The van der Waals surface area contributed by atoms with E-state index in [4.69, 9.17) is 4.52 Å². The third kappa shape index (κ3) is 2.92. The van der Waals surface area contributed by atoms with Gasteiger partial charge in [-0.25, -0.2) is 0 Å². The summed E-state index contributed by atoms with van der Waals surface area (Å²) in [4.78, 5) is 0. The van der Waals surface area contributed by atoms with E-state index in [2.05, 4.69) is 115 Å². The molecule has 2 aliphatic rings. The molecule has 0 amide bonds. The van der Waals surface area contributed by atoms with Crippen molar-refractivity contribution in [2.75, 3.05) is 0 Å². The third-order valence-corrected chi connectivity index (χ3v) is 13.7. The molecule has 4 aromatic rings. The molecule has 1 aliphatic heterocycles. The molecule has 33 heavy (non-hydrogen) atoms. The molecule has 0 aromatic heterocycles. The molecule has 2 heteroatoms. The van der Waals surface area contributed by atoms with Crippen molar-refractivity contribution < 1.29 is 4.52 Å². The van der Waals surface area contributed by atoms with Gasteiger partial charge in [0.1, 0.15) is 0 Å². The van der Waals surface area contributed by atoms with Crippen LogP contribution in [-0.4, -0.2) is 0 Å². The number of rotatable bonds is 4. The molecule has 0 bridgehead atoms. The van der Waals surface area contributed by atoms with Crippen LogP contribution in [0.25, 0.3) is 0 Å². The van der Waals surface area contributed by atoms with Crippen LogP contribution in [-0.2, 0) is 4.52 Å². The Kier molecular flexibility index (Phi) is 5.21. The molecular weight excluding hydrogens is 419 g/mol. The van der Waals surface area contributed by atoms with Crippen molar-refractivity contribution in [1.29, 1.82) is 0 Å². The molecular formula is C31H31OP. The van der Waals surface area contributed by atoms with Gasteiger partial charge < -0.3 is 0 Å². The minimum absolute atomic E-state index is 0.125. The first-order chi connectivity index (χ1) is 16.3. The Morgan fingerprint density at radius 3 is 1.48 bits per heavy atom. The van der Waals surface area contributed by atoms with Gasteiger partial charge in [0.2, 0.25) is 0 Å². The van der Waals surface area contributed by atoms with Crippen LogP contribution in [0, 0.1) is 5.92 Å². The Bertz CT molecular complexity index is 1130. The summed E-state index contributed by atoms with van der Waals surface area (Å²) in [5, 5.41) is 5.28. The first kappa shape index (κ1) is 20.8. The fraction of sp³-hybridized carbons (Fsp3) is 0.226. The molecule has 1 unspecified atom stereocenters. The van der Waals surface area contributed by atoms with Crippen LogP contribution in [0.3, 0.4) is 0 Å². The summed E-state index contributed by atoms with van der Waals surface area (Å²) in [6.45, 7) is -3.41. The van der Waals surface area contributed by atoms with Crippen LogP contribution in [0.2, 0.25) is 0 Å². The van der Waals surface area contributed by atoms with Gasteiger partial charge in [-0.1, -0.05) is 0 Å². The van der Waals surface area contributed by atoms with Gasteiger partial charge in [0.15, 0.2) is 0 Å². The molecule has 0 radical (unpaired) electrons. The minimum atomic E-state index is -3.41. The van der Waals surface area contributed by atoms with Crippen LogP contribution in [0.1, 0.15) is 43.8 Å². The zero-order valence-electron chi connectivity index (χ0n) is 19.0. The zero-order chi connectivity index (χ0) is 22.2. The monoisotopic (exact) mass is 450 g/mol. The first-order valence-electron chi connectivity index (χ1n) is 12.3. The van der Waals surface area contributed by atoms with Gasteiger partial charge in [-0.3, -0.25) is 0 Å². The van der Waals surface area contributed by atoms with E-state index in [0.717, 1.165) is 0 Å². The van der Waals surface area contributed by atoms with E-state index in [9.17, 15) is 0 Å². The first-order valence-corrected chi connectivity index (χ1v) is 14.5. The van der Waals surface area contributed by atoms with Gasteiger partial charge in [-0.05, 0) is 0 Å². The fourth-order valence-corrected chi connectivity index (χ4v) is 12.7. The summed E-state index contributed by atoms with van der Waals surface area (Å²) in [5.41, 5.74) is 1.40. The van der Waals surface area contributed by atoms with E-state index >= 15 is 0 Å². The molecule has 0 spiro atoms. The Morgan fingerprint density at radius 2 is 0.970 bits per heavy atom. The van der Waals surface area contributed by atoms with E-state index < -0.39 is 6.83 Å². The van der Waals surface area contributed by atoms with E-state index in [1.807, 2.05) is 0 Å². The molecule has 166 valence electrons. The van der Waals surface area contributed by atoms with Gasteiger partial charge in [-0.2, -0.15) is 0 Å². The number of hydrogen-bond acceptors (Lipinski definition) is 1. The van der Waals surface area contributed by atoms with Crippen molar-refractivity contribution in [1.82, 2.24) is 0 Å². The van der Waals surface area contributed by atoms with Gasteiger partial charge in [-0.15, -0.1) is 0 Å². The molecule has 1 aliphatic carbocycles. The van der Waals surface area contributed by atoms with E-state index in [1.54, 1.807) is 0 Å². The Balaban J connectivity index is 1.76. The Morgan fingerprint density at radius 1 is 0.515 bits per heavy atom. The predicted molar refractivity (Wildman–Crippen MR) is 142 cm³/mol. The molecule has 1 saturated carbocycles. The SMILES string of the molecule is c1ccc(P2(c3ccccc3)(c3ccccc3)OC(C3CCCCC3)c3ccccc32)cc1. The van der Waals surface area contributed by atoms with Crippen LogP contribution in [0.5, 0.6) is 0 Å². The Hall–Kier alpha value is -2.73. The second-order valence-electron chi connectivity index (χ2n) is 9.53. The second kappa shape index (κ2) is 8.24. The predicted octanol–water partition coefficient (Wildman–Crippen LogP) is 6.41. The summed E-state index contributed by atoms with van der Waals surface area (Å²) in [6, 6.07) is 42.4. The quantitative estimate of drug-likeness (QED) is 0.327. The van der Waals surface area contributed by atoms with Crippen LogP contribution in [0.4, 0.5) is 0 Å². The summed E-state index contributed by atoms with van der Waals surface area (Å²) >= 11 is 0. The summed E-state index contributed by atoms with van der Waals surface area (Å²) in [7, 11) is 0. The average Bonchev–Trinajstić information content (AvgIpc) is 3.25. The van der Waals surface area contributed by atoms with E-state index in [0.29, 0.717) is 5.92 Å².